The van der Waals surface area contributed by atoms with Gasteiger partial charge in [-0.1, -0.05) is 17.7 Å². The lowest BCUT2D eigenvalue weighted by Gasteiger charge is -2.24. The summed E-state index contributed by atoms with van der Waals surface area (Å²) in [4.78, 5) is 0. The van der Waals surface area contributed by atoms with Crippen LogP contribution in [0.1, 0.15) is 11.1 Å². The second-order valence-electron chi connectivity index (χ2n) is 4.25. The lowest BCUT2D eigenvalue weighted by atomic mass is 10.0. The van der Waals surface area contributed by atoms with Gasteiger partial charge in [0.15, 0.2) is 0 Å². The molecular formula is C13H19NO2. The zero-order chi connectivity index (χ0) is 11.4. The van der Waals surface area contributed by atoms with Gasteiger partial charge in [0, 0.05) is 12.6 Å². The van der Waals surface area contributed by atoms with Gasteiger partial charge in [-0.15, -0.1) is 0 Å². The van der Waals surface area contributed by atoms with Crippen molar-refractivity contribution in [2.24, 2.45) is 0 Å². The molecule has 2 rings (SSSR count). The molecule has 1 fully saturated rings. The highest BCUT2D eigenvalue weighted by Crippen LogP contribution is 2.21. The van der Waals surface area contributed by atoms with E-state index in [9.17, 15) is 0 Å². The Hall–Kier alpha value is -1.06. The third kappa shape index (κ3) is 2.74. The Morgan fingerprint density at radius 2 is 2.38 bits per heavy atom. The van der Waals surface area contributed by atoms with E-state index in [1.54, 1.807) is 7.11 Å². The zero-order valence-electron chi connectivity index (χ0n) is 9.95. The zero-order valence-corrected chi connectivity index (χ0v) is 9.95. The van der Waals surface area contributed by atoms with E-state index >= 15 is 0 Å². The van der Waals surface area contributed by atoms with E-state index in [1.807, 2.05) is 6.07 Å². The van der Waals surface area contributed by atoms with Crippen molar-refractivity contribution in [3.05, 3.63) is 29.3 Å². The Morgan fingerprint density at radius 3 is 3.06 bits per heavy atom. The number of morpholine rings is 1. The fourth-order valence-electron chi connectivity index (χ4n) is 2.08. The summed E-state index contributed by atoms with van der Waals surface area (Å²) >= 11 is 0. The summed E-state index contributed by atoms with van der Waals surface area (Å²) in [7, 11) is 1.72. The Morgan fingerprint density at radius 1 is 1.50 bits per heavy atom. The first-order valence-electron chi connectivity index (χ1n) is 5.74. The number of aryl methyl sites for hydroxylation is 1. The number of rotatable bonds is 3. The molecule has 1 atom stereocenters. The predicted molar refractivity (Wildman–Crippen MR) is 64.0 cm³/mol. The van der Waals surface area contributed by atoms with Gasteiger partial charge in [0.05, 0.1) is 20.3 Å². The smallest absolute Gasteiger partial charge is 0.122 e. The van der Waals surface area contributed by atoms with Crippen LogP contribution >= 0.6 is 0 Å². The summed E-state index contributed by atoms with van der Waals surface area (Å²) in [5, 5.41) is 3.46. The Balaban J connectivity index is 2.09. The molecule has 0 aliphatic carbocycles. The molecule has 1 heterocycles. The highest BCUT2D eigenvalue weighted by Gasteiger charge is 2.15. The first-order chi connectivity index (χ1) is 7.79. The average molecular weight is 221 g/mol. The van der Waals surface area contributed by atoms with E-state index in [0.29, 0.717) is 6.04 Å². The van der Waals surface area contributed by atoms with Crippen LogP contribution in [0.5, 0.6) is 5.75 Å². The highest BCUT2D eigenvalue weighted by atomic mass is 16.5. The number of ether oxygens (including phenoxy) is 2. The van der Waals surface area contributed by atoms with E-state index in [2.05, 4.69) is 24.4 Å². The third-order valence-corrected chi connectivity index (χ3v) is 2.90. The van der Waals surface area contributed by atoms with Crippen molar-refractivity contribution in [1.29, 1.82) is 0 Å². The van der Waals surface area contributed by atoms with Crippen molar-refractivity contribution in [2.75, 3.05) is 26.9 Å². The molecule has 1 saturated heterocycles. The second-order valence-corrected chi connectivity index (χ2v) is 4.25. The van der Waals surface area contributed by atoms with Gasteiger partial charge in [0.1, 0.15) is 5.75 Å². The molecule has 1 aromatic carbocycles. The normalized spacial score (nSPS) is 20.8. The summed E-state index contributed by atoms with van der Waals surface area (Å²) in [6.07, 6.45) is 0.963. The molecule has 1 aliphatic heterocycles. The Labute approximate surface area is 96.8 Å². The number of benzene rings is 1. The molecule has 0 spiro atoms. The van der Waals surface area contributed by atoms with Crippen LogP contribution in [0, 0.1) is 6.92 Å². The van der Waals surface area contributed by atoms with Crippen LogP contribution in [0.2, 0.25) is 0 Å². The summed E-state index contributed by atoms with van der Waals surface area (Å²) in [6, 6.07) is 6.71. The minimum atomic E-state index is 0.407. The van der Waals surface area contributed by atoms with E-state index in [4.69, 9.17) is 9.47 Å². The SMILES string of the molecule is COc1ccc(C)cc1CC1COCCN1. The van der Waals surface area contributed by atoms with Crippen molar-refractivity contribution in [3.8, 4) is 5.75 Å². The topological polar surface area (TPSA) is 30.5 Å². The molecule has 0 radical (unpaired) electrons. The third-order valence-electron chi connectivity index (χ3n) is 2.90. The summed E-state index contributed by atoms with van der Waals surface area (Å²) < 4.78 is 10.8. The molecule has 0 saturated carbocycles. The van der Waals surface area contributed by atoms with Crippen LogP contribution in [0.15, 0.2) is 18.2 Å². The number of nitrogens with one attached hydrogen (secondary N) is 1. The van der Waals surface area contributed by atoms with E-state index in [1.165, 1.54) is 11.1 Å². The van der Waals surface area contributed by atoms with Gasteiger partial charge in [0.25, 0.3) is 0 Å². The molecule has 0 amide bonds. The molecule has 88 valence electrons. The maximum absolute atomic E-state index is 5.45. The minimum Gasteiger partial charge on any atom is -0.496 e. The summed E-state index contributed by atoms with van der Waals surface area (Å²) in [6.45, 7) is 4.66. The lowest BCUT2D eigenvalue weighted by molar-refractivity contribution is 0.0768. The fourth-order valence-corrected chi connectivity index (χ4v) is 2.08. The van der Waals surface area contributed by atoms with Crippen molar-refractivity contribution >= 4 is 0 Å². The second kappa shape index (κ2) is 5.32. The quantitative estimate of drug-likeness (QED) is 0.839. The van der Waals surface area contributed by atoms with Crippen molar-refractivity contribution < 1.29 is 9.47 Å². The Bertz CT molecular complexity index is 346. The molecule has 16 heavy (non-hydrogen) atoms. The minimum absolute atomic E-state index is 0.407. The van der Waals surface area contributed by atoms with Gasteiger partial charge >= 0.3 is 0 Å². The molecule has 1 aliphatic rings. The number of methoxy groups -OCH3 is 1. The predicted octanol–water partition coefficient (Wildman–Crippen LogP) is 1.53. The van der Waals surface area contributed by atoms with Gasteiger partial charge in [-0.25, -0.2) is 0 Å². The highest BCUT2D eigenvalue weighted by molar-refractivity contribution is 5.37. The van der Waals surface area contributed by atoms with Gasteiger partial charge in [-0.05, 0) is 25.0 Å². The van der Waals surface area contributed by atoms with Crippen molar-refractivity contribution in [1.82, 2.24) is 5.32 Å². The molecule has 0 bridgehead atoms. The van der Waals surface area contributed by atoms with E-state index < -0.39 is 0 Å². The van der Waals surface area contributed by atoms with Crippen LogP contribution in [0.4, 0.5) is 0 Å². The van der Waals surface area contributed by atoms with Crippen LogP contribution in [-0.2, 0) is 11.2 Å². The maximum Gasteiger partial charge on any atom is 0.122 e. The number of hydrogen-bond acceptors (Lipinski definition) is 3. The van der Waals surface area contributed by atoms with Gasteiger partial charge < -0.3 is 14.8 Å². The maximum atomic E-state index is 5.45. The van der Waals surface area contributed by atoms with Crippen LogP contribution < -0.4 is 10.1 Å². The van der Waals surface area contributed by atoms with Gasteiger partial charge in [-0.3, -0.25) is 0 Å². The summed E-state index contributed by atoms with van der Waals surface area (Å²) in [5.41, 5.74) is 2.53. The van der Waals surface area contributed by atoms with E-state index in [-0.39, 0.29) is 0 Å². The standard InChI is InChI=1S/C13H19NO2/c1-10-3-4-13(15-2)11(7-10)8-12-9-16-6-5-14-12/h3-4,7,12,14H,5-6,8-9H2,1-2H3. The van der Waals surface area contributed by atoms with Crippen LogP contribution in [0.25, 0.3) is 0 Å². The average Bonchev–Trinajstić information content (AvgIpc) is 2.31. The number of hydrogen-bond donors (Lipinski definition) is 1. The monoisotopic (exact) mass is 221 g/mol. The van der Waals surface area contributed by atoms with Crippen molar-refractivity contribution in [2.45, 2.75) is 19.4 Å². The van der Waals surface area contributed by atoms with Crippen molar-refractivity contribution in [3.63, 3.8) is 0 Å². The molecule has 3 heteroatoms. The molecule has 1 unspecified atom stereocenters. The van der Waals surface area contributed by atoms with Gasteiger partial charge in [0.2, 0.25) is 0 Å². The fraction of sp³-hybridized carbons (Fsp3) is 0.538. The molecule has 1 aromatic rings. The largest absolute Gasteiger partial charge is 0.496 e. The lowest BCUT2D eigenvalue weighted by Crippen LogP contribution is -2.42. The Kier molecular flexibility index (Phi) is 3.80. The first kappa shape index (κ1) is 11.4. The van der Waals surface area contributed by atoms with Gasteiger partial charge in [-0.2, -0.15) is 0 Å². The molecule has 0 aromatic heterocycles. The molecule has 1 N–H and O–H groups in total. The van der Waals surface area contributed by atoms with Crippen LogP contribution in [-0.4, -0.2) is 32.9 Å². The molecular weight excluding hydrogens is 202 g/mol. The summed E-state index contributed by atoms with van der Waals surface area (Å²) in [5.74, 6) is 0.970. The van der Waals surface area contributed by atoms with E-state index in [0.717, 1.165) is 31.9 Å². The molecule has 3 nitrogen and oxygen atoms in total. The first-order valence-corrected chi connectivity index (χ1v) is 5.74. The van der Waals surface area contributed by atoms with Crippen LogP contribution in [0.3, 0.4) is 0 Å².